The zero-order valence-corrected chi connectivity index (χ0v) is 27.0. The van der Waals surface area contributed by atoms with Crippen molar-refractivity contribution in [2.75, 3.05) is 5.32 Å². The minimum Gasteiger partial charge on any atom is -0.326 e. The van der Waals surface area contributed by atoms with Gasteiger partial charge < -0.3 is 5.32 Å². The number of carbonyl (C=O) groups is 3. The van der Waals surface area contributed by atoms with Gasteiger partial charge in [0.25, 0.3) is 0 Å². The van der Waals surface area contributed by atoms with Crippen LogP contribution in [0.1, 0.15) is 38.5 Å². The van der Waals surface area contributed by atoms with Crippen molar-refractivity contribution in [2.24, 2.45) is 5.92 Å². The fraction of sp³-hybridized carbons (Fsp3) is 0.182. The van der Waals surface area contributed by atoms with E-state index in [1.54, 1.807) is 18.2 Å². The summed E-state index contributed by atoms with van der Waals surface area (Å²) in [6.07, 6.45) is -1.91. The quantitative estimate of drug-likeness (QED) is 0.100. The van der Waals surface area contributed by atoms with Crippen molar-refractivity contribution in [1.29, 1.82) is 0 Å². The normalized spacial score (nSPS) is 17.0. The van der Waals surface area contributed by atoms with E-state index in [4.69, 9.17) is 58.0 Å². The Morgan fingerprint density at radius 2 is 1.48 bits per heavy atom. The largest absolute Gasteiger partial charge is 0.330 e. The smallest absolute Gasteiger partial charge is 0.326 e. The number of nitrogens with one attached hydrogen (secondary N) is 1. The van der Waals surface area contributed by atoms with Gasteiger partial charge in [-0.3, -0.25) is 14.4 Å². The number of Topliss-reactive ketones (excluding diaryl/α,β-unsaturated/α-hetero) is 2. The predicted molar refractivity (Wildman–Crippen MR) is 171 cm³/mol. The van der Waals surface area contributed by atoms with Crippen molar-refractivity contribution in [2.45, 2.75) is 29.0 Å². The summed E-state index contributed by atoms with van der Waals surface area (Å²) in [6.45, 7) is 0. The highest BCUT2D eigenvalue weighted by Gasteiger charge is 2.67. The Hall–Kier alpha value is -3.14. The van der Waals surface area contributed by atoms with Gasteiger partial charge in [-0.25, -0.2) is 8.78 Å². The molecule has 1 amide bonds. The molecule has 1 saturated carbocycles. The van der Waals surface area contributed by atoms with Gasteiger partial charge in [-0.1, -0.05) is 77.3 Å². The molecule has 4 aromatic carbocycles. The number of halogens is 9. The number of benzene rings is 4. The Morgan fingerprint density at radius 1 is 0.804 bits per heavy atom. The van der Waals surface area contributed by atoms with Gasteiger partial charge in [0.05, 0.1) is 21.0 Å². The molecular formula is C33H20Cl5F4NO3. The number of rotatable bonds is 10. The molecule has 0 radical (unpaired) electrons. The van der Waals surface area contributed by atoms with E-state index in [1.807, 2.05) is 0 Å². The summed E-state index contributed by atoms with van der Waals surface area (Å²) >= 11 is 31.1. The molecule has 0 spiro atoms. The fourth-order valence-corrected chi connectivity index (χ4v) is 6.46. The first-order chi connectivity index (χ1) is 21.6. The molecule has 5 rings (SSSR count). The van der Waals surface area contributed by atoms with Gasteiger partial charge in [0.2, 0.25) is 11.7 Å². The average Bonchev–Trinajstić information content (AvgIpc) is 3.60. The third kappa shape index (κ3) is 6.78. The fourth-order valence-electron chi connectivity index (χ4n) is 5.10. The summed E-state index contributed by atoms with van der Waals surface area (Å²) in [6, 6.07) is 16.7. The molecule has 1 aliphatic rings. The second-order valence-electron chi connectivity index (χ2n) is 10.6. The maximum absolute atomic E-state index is 15.4. The molecule has 4 aromatic rings. The number of ketones is 2. The van der Waals surface area contributed by atoms with Crippen molar-refractivity contribution in [1.82, 2.24) is 0 Å². The molecular weight excluding hydrogens is 712 g/mol. The van der Waals surface area contributed by atoms with E-state index in [-0.39, 0.29) is 26.9 Å². The standard InChI is InChI=1S/C33H20Cl5F4NO3/c34-22-10-8-19(43-31(46)29-28(32(29,37)38)16-6-9-23(35)24(36)12-16)14-20(22)26(44)13-17-7-11-25(39)21(30(17)40)15-27(45)33(41,42)18-4-2-1-3-5-18/h1-12,14,28-29H,13,15H2,(H,43,46)/t28-,29+/m0/s1. The van der Waals surface area contributed by atoms with Gasteiger partial charge in [-0.05, 0) is 47.5 Å². The highest BCUT2D eigenvalue weighted by Crippen LogP contribution is 2.65. The number of hydrogen-bond acceptors (Lipinski definition) is 3. The average molecular weight is 732 g/mol. The Bertz CT molecular complexity index is 1870. The molecule has 0 heterocycles. The van der Waals surface area contributed by atoms with Gasteiger partial charge in [0.15, 0.2) is 5.78 Å². The summed E-state index contributed by atoms with van der Waals surface area (Å²) in [5.74, 6) is -11.0. The molecule has 0 saturated heterocycles. The van der Waals surface area contributed by atoms with Crippen molar-refractivity contribution in [3.8, 4) is 0 Å². The summed E-state index contributed by atoms with van der Waals surface area (Å²) in [5, 5.41) is 3.18. The van der Waals surface area contributed by atoms with E-state index in [1.165, 1.54) is 36.4 Å². The molecule has 1 N–H and O–H groups in total. The third-order valence-corrected chi connectivity index (χ3v) is 9.62. The van der Waals surface area contributed by atoms with E-state index in [0.29, 0.717) is 10.6 Å². The van der Waals surface area contributed by atoms with Crippen LogP contribution in [0, 0.1) is 17.6 Å². The van der Waals surface area contributed by atoms with Crippen LogP contribution in [0.25, 0.3) is 0 Å². The van der Waals surface area contributed by atoms with Crippen molar-refractivity contribution >= 4 is 81.2 Å². The maximum Gasteiger partial charge on any atom is 0.330 e. The first-order valence-corrected chi connectivity index (χ1v) is 15.4. The number of anilines is 1. The van der Waals surface area contributed by atoms with E-state index >= 15 is 4.39 Å². The van der Waals surface area contributed by atoms with Gasteiger partial charge in [-0.15, -0.1) is 23.2 Å². The topological polar surface area (TPSA) is 63.2 Å². The van der Waals surface area contributed by atoms with Gasteiger partial charge in [-0.2, -0.15) is 8.78 Å². The van der Waals surface area contributed by atoms with Crippen LogP contribution in [0.3, 0.4) is 0 Å². The van der Waals surface area contributed by atoms with Crippen molar-refractivity contribution < 1.29 is 31.9 Å². The van der Waals surface area contributed by atoms with E-state index in [9.17, 15) is 27.6 Å². The Balaban J connectivity index is 1.32. The van der Waals surface area contributed by atoms with E-state index in [0.717, 1.165) is 24.3 Å². The molecule has 0 aromatic heterocycles. The lowest BCUT2D eigenvalue weighted by Crippen LogP contribution is -2.28. The van der Waals surface area contributed by atoms with Crippen LogP contribution in [-0.2, 0) is 28.4 Å². The summed E-state index contributed by atoms with van der Waals surface area (Å²) < 4.78 is 57.9. The highest BCUT2D eigenvalue weighted by atomic mass is 35.5. The summed E-state index contributed by atoms with van der Waals surface area (Å²) in [4.78, 5) is 38.8. The molecule has 238 valence electrons. The minimum atomic E-state index is -4.00. The third-order valence-electron chi connectivity index (χ3n) is 7.61. The highest BCUT2D eigenvalue weighted by molar-refractivity contribution is 6.53. The van der Waals surface area contributed by atoms with Crippen LogP contribution < -0.4 is 5.32 Å². The molecule has 0 unspecified atom stereocenters. The first-order valence-electron chi connectivity index (χ1n) is 13.5. The van der Waals surface area contributed by atoms with E-state index < -0.39 is 75.2 Å². The first kappa shape index (κ1) is 34.2. The summed E-state index contributed by atoms with van der Waals surface area (Å²) in [7, 11) is 0. The van der Waals surface area contributed by atoms with Gasteiger partial charge >= 0.3 is 5.92 Å². The lowest BCUT2D eigenvalue weighted by molar-refractivity contribution is -0.143. The van der Waals surface area contributed by atoms with Crippen LogP contribution in [0.2, 0.25) is 15.1 Å². The van der Waals surface area contributed by atoms with Crippen LogP contribution in [-0.4, -0.2) is 21.8 Å². The Kier molecular flexibility index (Phi) is 9.79. The number of hydrogen-bond donors (Lipinski definition) is 1. The Morgan fingerprint density at radius 3 is 2.15 bits per heavy atom. The van der Waals surface area contributed by atoms with Crippen LogP contribution in [0.4, 0.5) is 23.2 Å². The molecule has 1 aliphatic carbocycles. The zero-order valence-electron chi connectivity index (χ0n) is 23.2. The zero-order chi connectivity index (χ0) is 33.6. The Labute approximate surface area is 285 Å². The lowest BCUT2D eigenvalue weighted by atomic mass is 9.95. The maximum atomic E-state index is 15.4. The number of carbonyl (C=O) groups excluding carboxylic acids is 3. The number of amides is 1. The van der Waals surface area contributed by atoms with Crippen LogP contribution >= 0.6 is 58.0 Å². The molecule has 1 fully saturated rings. The second kappa shape index (κ2) is 13.2. The SMILES string of the molecule is O=C(Cc1ccc(F)c(CC(=O)C(F)(F)c2ccccc2)c1F)c1cc(NC(=O)[C@H]2[C@H](c3ccc(Cl)c(Cl)c3)C2(Cl)Cl)ccc1Cl. The van der Waals surface area contributed by atoms with Gasteiger partial charge in [0, 0.05) is 41.1 Å². The molecule has 0 bridgehead atoms. The van der Waals surface area contributed by atoms with Gasteiger partial charge in [0.1, 0.15) is 16.0 Å². The molecule has 0 aliphatic heterocycles. The predicted octanol–water partition coefficient (Wildman–Crippen LogP) is 9.78. The monoisotopic (exact) mass is 729 g/mol. The summed E-state index contributed by atoms with van der Waals surface area (Å²) in [5.41, 5.74) is -1.24. The minimum absolute atomic E-state index is 0.0347. The van der Waals surface area contributed by atoms with Crippen LogP contribution in [0.15, 0.2) is 78.9 Å². The second-order valence-corrected chi connectivity index (χ2v) is 13.3. The van der Waals surface area contributed by atoms with Crippen LogP contribution in [0.5, 0.6) is 0 Å². The molecule has 2 atom stereocenters. The molecule has 13 heteroatoms. The van der Waals surface area contributed by atoms with E-state index in [2.05, 4.69) is 5.32 Å². The molecule has 46 heavy (non-hydrogen) atoms. The van der Waals surface area contributed by atoms with Crippen molar-refractivity contribution in [3.63, 3.8) is 0 Å². The lowest BCUT2D eigenvalue weighted by Gasteiger charge is -2.16. The number of alkyl halides is 4. The van der Waals surface area contributed by atoms with Crippen molar-refractivity contribution in [3.05, 3.63) is 133 Å². The molecule has 4 nitrogen and oxygen atoms in total.